The monoisotopic (exact) mass is 717 g/mol. The number of rotatable bonds is 7. The second kappa shape index (κ2) is 12.2. The van der Waals surface area contributed by atoms with Crippen molar-refractivity contribution in [2.75, 3.05) is 13.1 Å². The molecule has 4 heteroatoms. The summed E-state index contributed by atoms with van der Waals surface area (Å²) in [4.78, 5) is 0. The van der Waals surface area contributed by atoms with E-state index in [1.807, 2.05) is 0 Å². The summed E-state index contributed by atoms with van der Waals surface area (Å²) in [7, 11) is 3.43. The lowest BCUT2D eigenvalue weighted by molar-refractivity contribution is -0.113. The minimum atomic E-state index is -0.191. The predicted octanol–water partition coefficient (Wildman–Crippen LogP) is 11.8. The first kappa shape index (κ1) is 35.7. The quantitative estimate of drug-likeness (QED) is 0.275. The lowest BCUT2D eigenvalue weighted by Crippen LogP contribution is -2.64. The smallest absolute Gasteiger partial charge is 0.0405 e. The van der Waals surface area contributed by atoms with Gasteiger partial charge in [-0.1, -0.05) is 86.6 Å². The van der Waals surface area contributed by atoms with Crippen LogP contribution in [0.15, 0.2) is 24.3 Å². The molecule has 8 bridgehead atoms. The van der Waals surface area contributed by atoms with Gasteiger partial charge in [-0.25, -0.2) is 0 Å². The topological polar surface area (TPSA) is 24.1 Å². The van der Waals surface area contributed by atoms with E-state index in [-0.39, 0.29) is 13.1 Å². The van der Waals surface area contributed by atoms with Gasteiger partial charge in [0, 0.05) is 17.2 Å². The van der Waals surface area contributed by atoms with Gasteiger partial charge in [0.15, 0.2) is 0 Å². The van der Waals surface area contributed by atoms with Crippen molar-refractivity contribution in [3.8, 4) is 0 Å². The summed E-state index contributed by atoms with van der Waals surface area (Å²) < 4.78 is 0. The van der Waals surface area contributed by atoms with Crippen molar-refractivity contribution in [2.24, 2.45) is 45.3 Å². The van der Waals surface area contributed by atoms with E-state index in [4.69, 9.17) is 0 Å². The van der Waals surface area contributed by atoms with Crippen LogP contribution >= 0.6 is 17.2 Å². The largest absolute Gasteiger partial charge is 0.313 e. The maximum atomic E-state index is 4.14. The van der Waals surface area contributed by atoms with Crippen molar-refractivity contribution in [2.45, 2.75) is 191 Å². The molecule has 10 aliphatic rings. The van der Waals surface area contributed by atoms with E-state index in [1.165, 1.54) is 83.5 Å². The Morgan fingerprint density at radius 3 is 1.48 bits per heavy atom. The normalized spacial score (nSPS) is 45.8. The highest BCUT2D eigenvalue weighted by Crippen LogP contribution is 2.84. The Labute approximate surface area is 311 Å². The molecule has 8 aliphatic carbocycles. The van der Waals surface area contributed by atoms with Gasteiger partial charge in [0.05, 0.1) is 0 Å². The van der Waals surface area contributed by atoms with E-state index in [0.29, 0.717) is 44.1 Å². The fourth-order valence-corrected chi connectivity index (χ4v) is 22.1. The molecule has 7 unspecified atom stereocenters. The number of hydrogen-bond acceptors (Lipinski definition) is 2. The zero-order valence-electron chi connectivity index (χ0n) is 33.1. The van der Waals surface area contributed by atoms with Crippen LogP contribution in [0.2, 0.25) is 0 Å². The van der Waals surface area contributed by atoms with Gasteiger partial charge >= 0.3 is 0 Å². The van der Waals surface area contributed by atoms with Crippen LogP contribution in [0, 0.1) is 45.3 Å². The molecule has 0 radical (unpaired) electrons. The predicted molar refractivity (Wildman–Crippen MR) is 218 cm³/mol. The van der Waals surface area contributed by atoms with Crippen LogP contribution in [-0.4, -0.2) is 35.5 Å². The molecule has 1 aromatic carbocycles. The molecule has 8 saturated carbocycles. The van der Waals surface area contributed by atoms with Gasteiger partial charge in [0.25, 0.3) is 0 Å². The molecule has 7 atom stereocenters. The third-order valence-corrected chi connectivity index (χ3v) is 23.1. The van der Waals surface area contributed by atoms with Gasteiger partial charge in [-0.15, -0.1) is 9.24 Å². The molecule has 2 saturated heterocycles. The third-order valence-electron chi connectivity index (χ3n) is 18.0. The Hall–Kier alpha value is -0.0000000000000000416. The van der Waals surface area contributed by atoms with Crippen molar-refractivity contribution in [3.05, 3.63) is 35.4 Å². The summed E-state index contributed by atoms with van der Waals surface area (Å²) in [6.07, 6.45) is 28.1. The van der Waals surface area contributed by atoms with Crippen LogP contribution < -0.4 is 10.6 Å². The third kappa shape index (κ3) is 5.49. The van der Waals surface area contributed by atoms with Crippen molar-refractivity contribution >= 4 is 17.2 Å². The van der Waals surface area contributed by atoms with Crippen LogP contribution in [0.25, 0.3) is 0 Å². The Balaban J connectivity index is 1.19. The Morgan fingerprint density at radius 2 is 1.08 bits per heavy atom. The summed E-state index contributed by atoms with van der Waals surface area (Å²) in [6, 6.07) is 11.3. The van der Waals surface area contributed by atoms with Crippen molar-refractivity contribution in [1.29, 1.82) is 0 Å². The van der Waals surface area contributed by atoms with E-state index in [1.54, 1.807) is 62.5 Å². The first-order valence-corrected chi connectivity index (χ1v) is 23.9. The Bertz CT molecular complexity index is 1310. The molecule has 278 valence electrons. The molecule has 1 aromatic rings. The van der Waals surface area contributed by atoms with E-state index in [2.05, 4.69) is 85.7 Å². The van der Waals surface area contributed by atoms with Crippen LogP contribution in [0.1, 0.15) is 168 Å². The summed E-state index contributed by atoms with van der Waals surface area (Å²) in [5.41, 5.74) is 5.43. The second-order valence-electron chi connectivity index (χ2n) is 22.6. The summed E-state index contributed by atoms with van der Waals surface area (Å²) in [6.45, 7) is 18.3. The van der Waals surface area contributed by atoms with E-state index in [9.17, 15) is 0 Å². The first-order valence-electron chi connectivity index (χ1n) is 21.8. The number of nitrogens with one attached hydrogen (secondary N) is 2. The molecular formula is C46H74N2P2. The molecule has 2 N–H and O–H groups in total. The second-order valence-corrected chi connectivity index (χ2v) is 26.6. The maximum Gasteiger partial charge on any atom is 0.0405 e. The molecule has 10 fully saturated rings. The number of benzene rings is 1. The number of hydrogen-bond donors (Lipinski definition) is 2. The zero-order chi connectivity index (χ0) is 34.8. The summed E-state index contributed by atoms with van der Waals surface area (Å²) >= 11 is 0. The van der Waals surface area contributed by atoms with Gasteiger partial charge in [-0.2, -0.15) is 0 Å². The molecule has 0 aromatic heterocycles. The number of piperidine rings is 2. The van der Waals surface area contributed by atoms with Gasteiger partial charge in [-0.05, 0) is 189 Å². The average molecular weight is 717 g/mol. The highest BCUT2D eigenvalue weighted by Gasteiger charge is 2.69. The highest BCUT2D eigenvalue weighted by molar-refractivity contribution is 7.60. The van der Waals surface area contributed by atoms with Gasteiger partial charge in [-0.3, -0.25) is 0 Å². The summed E-state index contributed by atoms with van der Waals surface area (Å²) in [5.74, 6) is 3.94. The fraction of sp³-hybridized carbons (Fsp3) is 0.870. The molecule has 0 amide bonds. The minimum absolute atomic E-state index is 0.0562. The zero-order valence-corrected chi connectivity index (χ0v) is 35.2. The Kier molecular flexibility index (Phi) is 8.74. The van der Waals surface area contributed by atoms with E-state index in [0.717, 1.165) is 23.7 Å². The van der Waals surface area contributed by atoms with Crippen molar-refractivity contribution in [1.82, 2.24) is 10.6 Å². The maximum absolute atomic E-state index is 4.14. The lowest BCUT2D eigenvalue weighted by Gasteiger charge is -2.74. The van der Waals surface area contributed by atoms with Crippen molar-refractivity contribution < 1.29 is 0 Å². The molecular weight excluding hydrogens is 642 g/mol. The molecule has 50 heavy (non-hydrogen) atoms. The highest BCUT2D eigenvalue weighted by atomic mass is 31.1. The molecule has 11 rings (SSSR count). The molecule has 2 nitrogen and oxygen atoms in total. The molecule has 2 heterocycles. The van der Waals surface area contributed by atoms with Crippen LogP contribution in [-0.2, 0) is 11.3 Å². The molecule has 2 aliphatic heterocycles. The van der Waals surface area contributed by atoms with Gasteiger partial charge in [0.1, 0.15) is 0 Å². The minimum Gasteiger partial charge on any atom is -0.313 e. The standard InChI is InChI=1S/C46H74N2P2/c1-40(2,3)42-21-32-19-33(22-42)26-44(25-32,30-42)50(45-27-34-20-35(28-45)24-43(23-34,31-45)41(4,5)6)29-36-13-7-8-14-37(36)46(49,38-15-9-11-17-47-38)39-16-10-12-18-48-39/h7-8,13-14,32-35,38-39,47-48H,9-12,15-31,49H2,1-6H3. The van der Waals surface area contributed by atoms with Gasteiger partial charge in [0.2, 0.25) is 0 Å². The fourth-order valence-electron chi connectivity index (χ4n) is 16.0. The van der Waals surface area contributed by atoms with Crippen LogP contribution in [0.3, 0.4) is 0 Å². The van der Waals surface area contributed by atoms with E-state index < -0.39 is 0 Å². The Morgan fingerprint density at radius 1 is 0.640 bits per heavy atom. The van der Waals surface area contributed by atoms with E-state index >= 15 is 0 Å². The molecule has 0 spiro atoms. The van der Waals surface area contributed by atoms with Crippen LogP contribution in [0.5, 0.6) is 0 Å². The SMILES string of the molecule is CC(C)(C)C12CC3CC(CC(P(Cc4ccccc4C(P)(C4CCCCN4)C4CCCCN4)C45CC6CC(C4)CC(C(C)(C)C)(C6)C5)(C3)C1)C2. The first-order chi connectivity index (χ1) is 23.7. The van der Waals surface area contributed by atoms with Crippen molar-refractivity contribution in [3.63, 3.8) is 0 Å². The lowest BCUT2D eigenvalue weighted by atomic mass is 9.43. The average Bonchev–Trinajstić information content (AvgIpc) is 3.05. The summed E-state index contributed by atoms with van der Waals surface area (Å²) in [5, 5.41) is 9.50. The van der Waals surface area contributed by atoms with Gasteiger partial charge < -0.3 is 10.6 Å². The van der Waals surface area contributed by atoms with Crippen LogP contribution in [0.4, 0.5) is 0 Å².